The summed E-state index contributed by atoms with van der Waals surface area (Å²) in [7, 11) is -9.92. The normalized spacial score (nSPS) is 14.4. The van der Waals surface area contributed by atoms with Gasteiger partial charge in [-0.1, -0.05) is 382 Å². The van der Waals surface area contributed by atoms with Crippen LogP contribution in [0.4, 0.5) is 0 Å². The monoisotopic (exact) mass is 1480 g/mol. The molecule has 0 aliphatic rings. The molecule has 4 unspecified atom stereocenters. The first-order valence-electron chi connectivity index (χ1n) is 42.6. The molecule has 0 fully saturated rings. The van der Waals surface area contributed by atoms with E-state index in [2.05, 4.69) is 41.5 Å². The number of phosphoric acid groups is 2. The number of phosphoric ester groups is 2. The SMILES string of the molecule is CCCCCCCCCCCCCCCCCCCC(=O)OC[C@H](COP(=O)(O)OC[C@@H](O)COP(=O)(O)OC[C@@H](COC(=O)CCCCCCCCCCCC)OC(=O)CCCCCCCCCCC(C)CC)OC(=O)CCCCCCCCCCCCCCCCCCCCC(C)CC. The highest BCUT2D eigenvalue weighted by Gasteiger charge is 2.30. The second-order valence-electron chi connectivity index (χ2n) is 30.0. The summed E-state index contributed by atoms with van der Waals surface area (Å²) in [6.07, 6.45) is 63.8. The molecule has 0 aromatic rings. The molecule has 3 N–H and O–H groups in total. The van der Waals surface area contributed by atoms with Crippen molar-refractivity contribution < 1.29 is 80.2 Å². The Bertz CT molecular complexity index is 1950. The van der Waals surface area contributed by atoms with Crippen molar-refractivity contribution in [3.63, 3.8) is 0 Å². The lowest BCUT2D eigenvalue weighted by molar-refractivity contribution is -0.161. The second kappa shape index (κ2) is 73.6. The molecule has 0 aromatic heterocycles. The molecule has 0 radical (unpaired) electrons. The van der Waals surface area contributed by atoms with Gasteiger partial charge >= 0.3 is 39.5 Å². The highest BCUT2D eigenvalue weighted by Crippen LogP contribution is 2.45. The fourth-order valence-corrected chi connectivity index (χ4v) is 14.2. The Morgan fingerprint density at radius 2 is 0.475 bits per heavy atom. The first-order valence-corrected chi connectivity index (χ1v) is 45.6. The predicted molar refractivity (Wildman–Crippen MR) is 414 cm³/mol. The summed E-state index contributed by atoms with van der Waals surface area (Å²) in [6.45, 7) is 9.69. The molecule has 0 aliphatic carbocycles. The fourth-order valence-electron chi connectivity index (χ4n) is 12.6. The Kier molecular flexibility index (Phi) is 72.2. The first kappa shape index (κ1) is 99.1. The van der Waals surface area contributed by atoms with Crippen LogP contribution in [0.25, 0.3) is 0 Å². The van der Waals surface area contributed by atoms with E-state index in [-0.39, 0.29) is 25.7 Å². The van der Waals surface area contributed by atoms with Crippen LogP contribution in [-0.4, -0.2) is 96.7 Å². The first-order chi connectivity index (χ1) is 48.9. The lowest BCUT2D eigenvalue weighted by Gasteiger charge is -2.21. The minimum Gasteiger partial charge on any atom is -0.462 e. The number of esters is 4. The Morgan fingerprint density at radius 1 is 0.277 bits per heavy atom. The molecule has 19 heteroatoms. The molecule has 0 amide bonds. The number of aliphatic hydroxyl groups excluding tert-OH is 1. The summed E-state index contributed by atoms with van der Waals surface area (Å²) in [6, 6.07) is 0. The number of hydrogen-bond donors (Lipinski definition) is 3. The maximum Gasteiger partial charge on any atom is 0.472 e. The highest BCUT2D eigenvalue weighted by atomic mass is 31.2. The van der Waals surface area contributed by atoms with Gasteiger partial charge in [0.2, 0.25) is 0 Å². The average Bonchev–Trinajstić information content (AvgIpc) is 0.938. The Morgan fingerprint density at radius 3 is 0.703 bits per heavy atom. The van der Waals surface area contributed by atoms with Crippen molar-refractivity contribution in [2.45, 2.75) is 452 Å². The number of carbonyl (C=O) groups is 4. The van der Waals surface area contributed by atoms with Gasteiger partial charge in [0.25, 0.3) is 0 Å². The van der Waals surface area contributed by atoms with Crippen LogP contribution >= 0.6 is 15.6 Å². The Hall–Kier alpha value is -1.94. The van der Waals surface area contributed by atoms with Gasteiger partial charge < -0.3 is 33.8 Å². The van der Waals surface area contributed by atoms with Crippen LogP contribution in [0.2, 0.25) is 0 Å². The standard InChI is InChI=1S/C82H160O17P2/c1-7-11-13-15-17-19-21-22-23-26-30-33-36-40-47-53-59-65-80(85)93-70-77(98-81(86)66-60-54-48-41-37-34-31-28-25-24-27-29-32-35-38-44-50-56-62-74(5)9-3)72-96-100(88,89)94-68-76(83)69-95-101(90,91)97-73-78(71-92-79(84)64-58-52-46-39-20-18-16-14-12-8-2)99-82(87)67-61-55-49-43-42-45-51-57-63-75(6)10-4/h74-78,83H,7-73H2,1-6H3,(H,88,89)(H,90,91)/t74?,75?,76-,77-,78-/m1/s1. The van der Waals surface area contributed by atoms with E-state index in [9.17, 15) is 43.2 Å². The van der Waals surface area contributed by atoms with E-state index in [1.54, 1.807) is 0 Å². The maximum atomic E-state index is 13.1. The van der Waals surface area contributed by atoms with Crippen molar-refractivity contribution in [2.75, 3.05) is 39.6 Å². The van der Waals surface area contributed by atoms with Crippen LogP contribution in [-0.2, 0) is 65.4 Å². The van der Waals surface area contributed by atoms with Crippen molar-refractivity contribution in [1.82, 2.24) is 0 Å². The van der Waals surface area contributed by atoms with Crippen molar-refractivity contribution in [3.05, 3.63) is 0 Å². The van der Waals surface area contributed by atoms with Gasteiger partial charge in [-0.05, 0) is 37.5 Å². The molecule has 0 rings (SSSR count). The lowest BCUT2D eigenvalue weighted by Crippen LogP contribution is -2.30. The van der Waals surface area contributed by atoms with E-state index in [0.29, 0.717) is 25.7 Å². The van der Waals surface area contributed by atoms with Gasteiger partial charge in [-0.25, -0.2) is 9.13 Å². The topological polar surface area (TPSA) is 237 Å². The molecule has 0 saturated heterocycles. The third-order valence-corrected chi connectivity index (χ3v) is 21.8. The zero-order valence-electron chi connectivity index (χ0n) is 66.2. The predicted octanol–water partition coefficient (Wildman–Crippen LogP) is 24.7. The number of hydrogen-bond acceptors (Lipinski definition) is 15. The van der Waals surface area contributed by atoms with E-state index in [4.69, 9.17) is 37.0 Å². The minimum absolute atomic E-state index is 0.105. The largest absolute Gasteiger partial charge is 0.472 e. The minimum atomic E-state index is -4.96. The number of unbranched alkanes of at least 4 members (excludes halogenated alkanes) is 49. The van der Waals surface area contributed by atoms with Crippen LogP contribution < -0.4 is 0 Å². The summed E-state index contributed by atoms with van der Waals surface area (Å²) in [4.78, 5) is 73.0. The highest BCUT2D eigenvalue weighted by molar-refractivity contribution is 7.47. The molecule has 0 aromatic carbocycles. The number of rotatable bonds is 81. The summed E-state index contributed by atoms with van der Waals surface area (Å²) in [5, 5.41) is 10.6. The quantitative estimate of drug-likeness (QED) is 0.0222. The molecule has 101 heavy (non-hydrogen) atoms. The molecule has 0 aliphatic heterocycles. The number of aliphatic hydroxyl groups is 1. The molecule has 17 nitrogen and oxygen atoms in total. The van der Waals surface area contributed by atoms with Gasteiger partial charge in [0.15, 0.2) is 12.2 Å². The summed E-state index contributed by atoms with van der Waals surface area (Å²) in [5.74, 6) is -0.468. The van der Waals surface area contributed by atoms with Crippen LogP contribution in [0.1, 0.15) is 433 Å². The van der Waals surface area contributed by atoms with E-state index in [1.165, 1.54) is 250 Å². The van der Waals surface area contributed by atoms with Gasteiger partial charge in [-0.15, -0.1) is 0 Å². The third kappa shape index (κ3) is 73.4. The van der Waals surface area contributed by atoms with Crippen LogP contribution in [0.15, 0.2) is 0 Å². The maximum absolute atomic E-state index is 13.1. The van der Waals surface area contributed by atoms with E-state index in [1.807, 2.05) is 0 Å². The van der Waals surface area contributed by atoms with Crippen LogP contribution in [0.3, 0.4) is 0 Å². The van der Waals surface area contributed by atoms with E-state index < -0.39 is 97.5 Å². The van der Waals surface area contributed by atoms with Gasteiger partial charge in [0.05, 0.1) is 26.4 Å². The Labute approximate surface area is 619 Å². The summed E-state index contributed by atoms with van der Waals surface area (Å²) >= 11 is 0. The van der Waals surface area contributed by atoms with Gasteiger partial charge in [0, 0.05) is 25.7 Å². The van der Waals surface area contributed by atoms with Crippen LogP contribution in [0.5, 0.6) is 0 Å². The van der Waals surface area contributed by atoms with Crippen molar-refractivity contribution in [1.29, 1.82) is 0 Å². The molecule has 0 bridgehead atoms. The zero-order chi connectivity index (χ0) is 74.2. The van der Waals surface area contributed by atoms with Crippen LogP contribution in [0, 0.1) is 11.8 Å². The average molecular weight is 1480 g/mol. The number of carbonyl (C=O) groups excluding carboxylic acids is 4. The Balaban J connectivity index is 5.21. The molecular weight excluding hydrogens is 1320 g/mol. The second-order valence-corrected chi connectivity index (χ2v) is 32.9. The summed E-state index contributed by atoms with van der Waals surface area (Å²) < 4.78 is 68.7. The lowest BCUT2D eigenvalue weighted by atomic mass is 9.99. The molecular formula is C82H160O17P2. The molecule has 7 atom stereocenters. The van der Waals surface area contributed by atoms with Crippen molar-refractivity contribution in [3.8, 4) is 0 Å². The fraction of sp³-hybridized carbons (Fsp3) is 0.951. The van der Waals surface area contributed by atoms with Gasteiger partial charge in [-0.2, -0.15) is 0 Å². The third-order valence-electron chi connectivity index (χ3n) is 19.9. The molecule has 0 spiro atoms. The van der Waals surface area contributed by atoms with E-state index in [0.717, 1.165) is 102 Å². The summed E-state index contributed by atoms with van der Waals surface area (Å²) in [5.41, 5.74) is 0. The molecule has 600 valence electrons. The van der Waals surface area contributed by atoms with Gasteiger partial charge in [-0.3, -0.25) is 37.3 Å². The molecule has 0 saturated carbocycles. The zero-order valence-corrected chi connectivity index (χ0v) is 68.0. The van der Waals surface area contributed by atoms with Gasteiger partial charge in [0.1, 0.15) is 19.3 Å². The van der Waals surface area contributed by atoms with Crippen molar-refractivity contribution >= 4 is 39.5 Å². The van der Waals surface area contributed by atoms with E-state index >= 15 is 0 Å². The van der Waals surface area contributed by atoms with Crippen molar-refractivity contribution in [2.24, 2.45) is 11.8 Å². The smallest absolute Gasteiger partial charge is 0.462 e. The number of ether oxygens (including phenoxy) is 4. The molecule has 0 heterocycles.